The quantitative estimate of drug-likeness (QED) is 0.748. The van der Waals surface area contributed by atoms with Gasteiger partial charge in [0.05, 0.1) is 0 Å². The van der Waals surface area contributed by atoms with Crippen LogP contribution in [0, 0.1) is 5.92 Å². The van der Waals surface area contributed by atoms with E-state index in [0.29, 0.717) is 17.8 Å². The Morgan fingerprint density at radius 1 is 1.56 bits per heavy atom. The van der Waals surface area contributed by atoms with Crippen LogP contribution in [0.4, 0.5) is 0 Å². The molecule has 94 valence electrons. The second-order valence-corrected chi connectivity index (χ2v) is 6.03. The lowest BCUT2D eigenvalue weighted by molar-refractivity contribution is -0.125. The molecule has 0 aliphatic heterocycles. The lowest BCUT2D eigenvalue weighted by atomic mass is 10.1. The van der Waals surface area contributed by atoms with Crippen molar-refractivity contribution in [3.05, 3.63) is 0 Å². The molecule has 3 atom stereocenters. The summed E-state index contributed by atoms with van der Waals surface area (Å²) in [6.45, 7) is 4.73. The van der Waals surface area contributed by atoms with Crippen LogP contribution < -0.4 is 11.1 Å². The van der Waals surface area contributed by atoms with Crippen molar-refractivity contribution in [1.29, 1.82) is 0 Å². The van der Waals surface area contributed by atoms with Crippen LogP contribution in [-0.2, 0) is 4.79 Å². The van der Waals surface area contributed by atoms with Crippen molar-refractivity contribution >= 4 is 17.7 Å². The molecule has 4 heteroatoms. The molecule has 1 aliphatic rings. The monoisotopic (exact) mass is 244 g/mol. The highest BCUT2D eigenvalue weighted by Gasteiger charge is 2.29. The third-order valence-corrected chi connectivity index (χ3v) is 4.53. The summed E-state index contributed by atoms with van der Waals surface area (Å²) in [6, 6.07) is 0.387. The molecule has 0 aromatic rings. The Bertz CT molecular complexity index is 223. The number of carbonyl (C=O) groups excluding carboxylic acids is 1. The molecular formula is C12H24N2OS. The highest BCUT2D eigenvalue weighted by Crippen LogP contribution is 2.30. The first-order valence-corrected chi connectivity index (χ1v) is 7.36. The fourth-order valence-corrected chi connectivity index (χ4v) is 3.41. The predicted molar refractivity (Wildman–Crippen MR) is 70.5 cm³/mol. The van der Waals surface area contributed by atoms with Crippen LogP contribution in [0.1, 0.15) is 39.5 Å². The van der Waals surface area contributed by atoms with Gasteiger partial charge in [0, 0.05) is 17.2 Å². The highest BCUT2D eigenvalue weighted by atomic mass is 32.2. The van der Waals surface area contributed by atoms with Gasteiger partial charge in [-0.15, -0.1) is 0 Å². The second-order valence-electron chi connectivity index (χ2n) is 4.52. The largest absolute Gasteiger partial charge is 0.352 e. The second kappa shape index (κ2) is 7.17. The minimum atomic E-state index is 0.0536. The zero-order chi connectivity index (χ0) is 12.0. The first-order chi connectivity index (χ1) is 7.69. The zero-order valence-corrected chi connectivity index (χ0v) is 11.2. The van der Waals surface area contributed by atoms with E-state index in [4.69, 9.17) is 5.73 Å². The average Bonchev–Trinajstić information content (AvgIpc) is 2.67. The Morgan fingerprint density at radius 3 is 2.94 bits per heavy atom. The molecule has 0 aromatic carbocycles. The van der Waals surface area contributed by atoms with E-state index in [1.165, 1.54) is 12.8 Å². The van der Waals surface area contributed by atoms with Gasteiger partial charge in [-0.2, -0.15) is 11.8 Å². The average molecular weight is 244 g/mol. The van der Waals surface area contributed by atoms with Crippen LogP contribution in [0.15, 0.2) is 0 Å². The first kappa shape index (κ1) is 13.8. The smallest absolute Gasteiger partial charge is 0.223 e. The molecule has 1 aliphatic carbocycles. The summed E-state index contributed by atoms with van der Waals surface area (Å²) in [7, 11) is 0. The Kier molecular flexibility index (Phi) is 6.21. The molecular weight excluding hydrogens is 220 g/mol. The Labute approximate surface area is 103 Å². The van der Waals surface area contributed by atoms with Gasteiger partial charge in [0.15, 0.2) is 0 Å². The molecule has 1 saturated carbocycles. The van der Waals surface area contributed by atoms with Gasteiger partial charge in [-0.25, -0.2) is 0 Å². The molecule has 16 heavy (non-hydrogen) atoms. The molecule has 0 bridgehead atoms. The van der Waals surface area contributed by atoms with Crippen LogP contribution in [0.3, 0.4) is 0 Å². The standard InChI is InChI=1S/C12H24N2OS/c1-3-16-11-6-4-5-10(11)14-12(15)9(2)7-8-13/h9-11H,3-8,13H2,1-2H3,(H,14,15). The van der Waals surface area contributed by atoms with E-state index < -0.39 is 0 Å². The maximum atomic E-state index is 11.9. The number of carbonyl (C=O) groups is 1. The summed E-state index contributed by atoms with van der Waals surface area (Å²) in [4.78, 5) is 11.9. The van der Waals surface area contributed by atoms with Crippen molar-refractivity contribution in [3.63, 3.8) is 0 Å². The molecule has 1 amide bonds. The molecule has 1 fully saturated rings. The molecule has 3 N–H and O–H groups in total. The van der Waals surface area contributed by atoms with Gasteiger partial charge >= 0.3 is 0 Å². The lowest BCUT2D eigenvalue weighted by Crippen LogP contribution is -2.41. The van der Waals surface area contributed by atoms with Crippen molar-refractivity contribution in [2.75, 3.05) is 12.3 Å². The van der Waals surface area contributed by atoms with Gasteiger partial charge < -0.3 is 11.1 Å². The van der Waals surface area contributed by atoms with Crippen LogP contribution in [0.5, 0.6) is 0 Å². The molecule has 3 unspecified atom stereocenters. The predicted octanol–water partition coefficient (Wildman–Crippen LogP) is 1.76. The van der Waals surface area contributed by atoms with E-state index in [-0.39, 0.29) is 11.8 Å². The summed E-state index contributed by atoms with van der Waals surface area (Å²) in [6.07, 6.45) is 4.41. The van der Waals surface area contributed by atoms with Gasteiger partial charge in [-0.3, -0.25) is 4.79 Å². The van der Waals surface area contributed by atoms with Crippen LogP contribution in [0.25, 0.3) is 0 Å². The number of rotatable bonds is 6. The van der Waals surface area contributed by atoms with Gasteiger partial charge in [-0.05, 0) is 31.6 Å². The van der Waals surface area contributed by atoms with Crippen molar-refractivity contribution in [3.8, 4) is 0 Å². The Hall–Kier alpha value is -0.220. The molecule has 1 rings (SSSR count). The first-order valence-electron chi connectivity index (χ1n) is 6.31. The molecule has 0 aromatic heterocycles. The van der Waals surface area contributed by atoms with Crippen LogP contribution in [0.2, 0.25) is 0 Å². The van der Waals surface area contributed by atoms with Crippen molar-refractivity contribution < 1.29 is 4.79 Å². The number of thioether (sulfide) groups is 1. The minimum absolute atomic E-state index is 0.0536. The number of amides is 1. The maximum Gasteiger partial charge on any atom is 0.223 e. The summed E-state index contributed by atoms with van der Waals surface area (Å²) >= 11 is 1.97. The summed E-state index contributed by atoms with van der Waals surface area (Å²) in [5, 5.41) is 3.81. The van der Waals surface area contributed by atoms with Crippen LogP contribution >= 0.6 is 11.8 Å². The normalized spacial score (nSPS) is 26.7. The summed E-state index contributed by atoms with van der Waals surface area (Å²) in [5.41, 5.74) is 5.47. The van der Waals surface area contributed by atoms with Gasteiger partial charge in [-0.1, -0.05) is 20.3 Å². The van der Waals surface area contributed by atoms with Crippen LogP contribution in [-0.4, -0.2) is 29.5 Å². The lowest BCUT2D eigenvalue weighted by Gasteiger charge is -2.22. The maximum absolute atomic E-state index is 11.9. The van der Waals surface area contributed by atoms with E-state index in [9.17, 15) is 4.79 Å². The van der Waals surface area contributed by atoms with Gasteiger partial charge in [0.25, 0.3) is 0 Å². The van der Waals surface area contributed by atoms with Crippen molar-refractivity contribution in [2.24, 2.45) is 11.7 Å². The van der Waals surface area contributed by atoms with E-state index in [2.05, 4.69) is 12.2 Å². The number of hydrogen-bond acceptors (Lipinski definition) is 3. The molecule has 0 saturated heterocycles. The number of nitrogens with one attached hydrogen (secondary N) is 1. The van der Waals surface area contributed by atoms with E-state index in [1.807, 2.05) is 18.7 Å². The minimum Gasteiger partial charge on any atom is -0.352 e. The van der Waals surface area contributed by atoms with Crippen molar-refractivity contribution in [2.45, 2.75) is 50.8 Å². The fourth-order valence-electron chi connectivity index (χ4n) is 2.21. The molecule has 0 heterocycles. The van der Waals surface area contributed by atoms with E-state index >= 15 is 0 Å². The molecule has 0 radical (unpaired) electrons. The summed E-state index contributed by atoms with van der Waals surface area (Å²) < 4.78 is 0. The topological polar surface area (TPSA) is 55.1 Å². The van der Waals surface area contributed by atoms with Gasteiger partial charge in [0.1, 0.15) is 0 Å². The third kappa shape index (κ3) is 3.98. The molecule has 3 nitrogen and oxygen atoms in total. The van der Waals surface area contributed by atoms with Gasteiger partial charge in [0.2, 0.25) is 5.91 Å². The number of nitrogens with two attached hydrogens (primary N) is 1. The zero-order valence-electron chi connectivity index (χ0n) is 10.4. The third-order valence-electron chi connectivity index (χ3n) is 3.21. The highest BCUT2D eigenvalue weighted by molar-refractivity contribution is 7.99. The summed E-state index contributed by atoms with van der Waals surface area (Å²) in [5.74, 6) is 1.37. The Balaban J connectivity index is 2.37. The Morgan fingerprint density at radius 2 is 2.31 bits per heavy atom. The molecule has 0 spiro atoms. The fraction of sp³-hybridized carbons (Fsp3) is 0.917. The van der Waals surface area contributed by atoms with E-state index in [1.54, 1.807) is 0 Å². The SMILES string of the molecule is CCSC1CCCC1NC(=O)C(C)CCN. The van der Waals surface area contributed by atoms with E-state index in [0.717, 1.165) is 18.6 Å². The number of hydrogen-bond donors (Lipinski definition) is 2. The van der Waals surface area contributed by atoms with Crippen molar-refractivity contribution in [1.82, 2.24) is 5.32 Å².